The third kappa shape index (κ3) is 3.80. The molecule has 27 heavy (non-hydrogen) atoms. The number of hydrogen-bond donors (Lipinski definition) is 1. The molecule has 0 unspecified atom stereocenters. The first-order chi connectivity index (χ1) is 13.2. The van der Waals surface area contributed by atoms with Crippen LogP contribution >= 0.6 is 0 Å². The van der Waals surface area contributed by atoms with Crippen LogP contribution in [0.1, 0.15) is 0 Å². The first kappa shape index (κ1) is 17.2. The topological polar surface area (TPSA) is 85.2 Å². The Bertz CT molecular complexity index is 997. The van der Waals surface area contributed by atoms with Gasteiger partial charge in [-0.1, -0.05) is 18.2 Å². The molecule has 0 aliphatic carbocycles. The molecule has 0 amide bonds. The Labute approximate surface area is 156 Å². The molecule has 1 N–H and O–H groups in total. The summed E-state index contributed by atoms with van der Waals surface area (Å²) in [6, 6.07) is 13.0. The number of para-hydroxylation sites is 1. The number of aromatic nitrogens is 4. The molecule has 138 valence electrons. The lowest BCUT2D eigenvalue weighted by Gasteiger charge is -2.27. The van der Waals surface area contributed by atoms with Crippen molar-refractivity contribution in [3.63, 3.8) is 0 Å². The quantitative estimate of drug-likeness (QED) is 0.756. The Morgan fingerprint density at radius 3 is 2.70 bits per heavy atom. The summed E-state index contributed by atoms with van der Waals surface area (Å²) in [5.74, 6) is 1.57. The van der Waals surface area contributed by atoms with E-state index in [1.54, 1.807) is 19.4 Å². The monoisotopic (exact) mass is 364 g/mol. The molecular weight excluding hydrogens is 344 g/mol. The zero-order valence-corrected chi connectivity index (χ0v) is 15.0. The summed E-state index contributed by atoms with van der Waals surface area (Å²) >= 11 is 0. The second-order valence-corrected chi connectivity index (χ2v) is 6.21. The number of anilines is 3. The highest BCUT2D eigenvalue weighted by atomic mass is 16.5. The summed E-state index contributed by atoms with van der Waals surface area (Å²) in [6.07, 6.45) is 1.56. The lowest BCUT2D eigenvalue weighted by atomic mass is 10.1. The summed E-state index contributed by atoms with van der Waals surface area (Å²) in [4.78, 5) is 22.5. The minimum atomic E-state index is -0.143. The molecule has 1 aromatic carbocycles. The van der Waals surface area contributed by atoms with Crippen LogP contribution < -0.4 is 15.8 Å². The summed E-state index contributed by atoms with van der Waals surface area (Å²) in [5.41, 5.74) is 2.31. The van der Waals surface area contributed by atoms with Gasteiger partial charge in [0.05, 0.1) is 18.9 Å². The number of benzene rings is 1. The summed E-state index contributed by atoms with van der Waals surface area (Å²) in [6.45, 7) is 3.03. The van der Waals surface area contributed by atoms with E-state index in [2.05, 4.69) is 25.3 Å². The van der Waals surface area contributed by atoms with Gasteiger partial charge in [-0.15, -0.1) is 0 Å². The fourth-order valence-corrected chi connectivity index (χ4v) is 2.98. The molecule has 0 spiro atoms. The molecule has 0 radical (unpaired) electrons. The minimum absolute atomic E-state index is 0.143. The lowest BCUT2D eigenvalue weighted by molar-refractivity contribution is 0.122. The van der Waals surface area contributed by atoms with E-state index in [0.29, 0.717) is 24.7 Å². The van der Waals surface area contributed by atoms with Crippen LogP contribution in [0.3, 0.4) is 0 Å². The van der Waals surface area contributed by atoms with Gasteiger partial charge in [0.2, 0.25) is 0 Å². The summed E-state index contributed by atoms with van der Waals surface area (Å²) in [7, 11) is 1.64. The minimum Gasteiger partial charge on any atom is -0.378 e. The van der Waals surface area contributed by atoms with Crippen LogP contribution in [0.25, 0.3) is 11.3 Å². The SMILES string of the molecule is Cn1nc(-c2ccccc2Nc2cc(N3CCOCC3)ncn2)ccc1=O. The zero-order valence-electron chi connectivity index (χ0n) is 15.0. The fourth-order valence-electron chi connectivity index (χ4n) is 2.98. The molecule has 0 atom stereocenters. The van der Waals surface area contributed by atoms with Crippen LogP contribution in [-0.2, 0) is 11.8 Å². The molecule has 1 aliphatic rings. The van der Waals surface area contributed by atoms with Gasteiger partial charge in [0, 0.05) is 43.5 Å². The highest BCUT2D eigenvalue weighted by Gasteiger charge is 2.14. The van der Waals surface area contributed by atoms with Gasteiger partial charge in [-0.3, -0.25) is 4.79 Å². The van der Waals surface area contributed by atoms with Crippen molar-refractivity contribution < 1.29 is 4.74 Å². The van der Waals surface area contributed by atoms with Crippen LogP contribution in [0.5, 0.6) is 0 Å². The average molecular weight is 364 g/mol. The van der Waals surface area contributed by atoms with Gasteiger partial charge in [0.25, 0.3) is 5.56 Å². The second-order valence-electron chi connectivity index (χ2n) is 6.21. The summed E-state index contributed by atoms with van der Waals surface area (Å²) in [5, 5.41) is 7.69. The van der Waals surface area contributed by atoms with Crippen molar-refractivity contribution in [3.05, 3.63) is 59.1 Å². The molecule has 3 aromatic rings. The molecule has 3 heterocycles. The van der Waals surface area contributed by atoms with Crippen LogP contribution in [0.2, 0.25) is 0 Å². The Morgan fingerprint density at radius 1 is 1.07 bits per heavy atom. The molecule has 0 bridgehead atoms. The molecule has 1 fully saturated rings. The van der Waals surface area contributed by atoms with E-state index >= 15 is 0 Å². The molecule has 8 nitrogen and oxygen atoms in total. The van der Waals surface area contributed by atoms with Crippen molar-refractivity contribution in [1.29, 1.82) is 0 Å². The predicted octanol–water partition coefficient (Wildman–Crippen LogP) is 1.82. The third-order valence-electron chi connectivity index (χ3n) is 4.41. The third-order valence-corrected chi connectivity index (χ3v) is 4.41. The second kappa shape index (κ2) is 7.55. The van der Waals surface area contributed by atoms with Crippen molar-refractivity contribution in [2.75, 3.05) is 36.5 Å². The van der Waals surface area contributed by atoms with Crippen molar-refractivity contribution in [2.45, 2.75) is 0 Å². The first-order valence-electron chi connectivity index (χ1n) is 8.76. The van der Waals surface area contributed by atoms with Crippen LogP contribution in [0.4, 0.5) is 17.3 Å². The zero-order chi connectivity index (χ0) is 18.6. The smallest absolute Gasteiger partial charge is 0.266 e. The number of nitrogens with one attached hydrogen (secondary N) is 1. The van der Waals surface area contributed by atoms with E-state index in [1.807, 2.05) is 30.3 Å². The van der Waals surface area contributed by atoms with Crippen molar-refractivity contribution in [1.82, 2.24) is 19.7 Å². The number of ether oxygens (including phenoxy) is 1. The van der Waals surface area contributed by atoms with Crippen LogP contribution in [0, 0.1) is 0 Å². The molecular formula is C19H20N6O2. The highest BCUT2D eigenvalue weighted by Crippen LogP contribution is 2.28. The average Bonchev–Trinajstić information content (AvgIpc) is 2.71. The number of aryl methyl sites for hydroxylation is 1. The van der Waals surface area contributed by atoms with E-state index < -0.39 is 0 Å². The normalized spacial score (nSPS) is 14.2. The molecule has 8 heteroatoms. The molecule has 2 aromatic heterocycles. The predicted molar refractivity (Wildman–Crippen MR) is 103 cm³/mol. The van der Waals surface area contributed by atoms with Gasteiger partial charge in [0.15, 0.2) is 0 Å². The first-order valence-corrected chi connectivity index (χ1v) is 8.76. The number of rotatable bonds is 4. The van der Waals surface area contributed by atoms with E-state index in [-0.39, 0.29) is 5.56 Å². The standard InChI is InChI=1S/C19H20N6O2/c1-24-19(26)7-6-16(23-24)14-4-2-3-5-15(14)22-17-12-18(21-13-20-17)25-8-10-27-11-9-25/h2-7,12-13H,8-11H2,1H3,(H,20,21,22). The van der Waals surface area contributed by atoms with Gasteiger partial charge in [-0.05, 0) is 12.1 Å². The Balaban J connectivity index is 1.63. The summed E-state index contributed by atoms with van der Waals surface area (Å²) < 4.78 is 6.72. The van der Waals surface area contributed by atoms with Gasteiger partial charge < -0.3 is 15.0 Å². The van der Waals surface area contributed by atoms with Crippen LogP contribution in [0.15, 0.2) is 53.6 Å². The van der Waals surface area contributed by atoms with Crippen molar-refractivity contribution in [2.24, 2.45) is 7.05 Å². The Morgan fingerprint density at radius 2 is 1.89 bits per heavy atom. The van der Waals surface area contributed by atoms with Crippen molar-refractivity contribution in [3.8, 4) is 11.3 Å². The van der Waals surface area contributed by atoms with E-state index in [0.717, 1.165) is 30.2 Å². The van der Waals surface area contributed by atoms with Gasteiger partial charge >= 0.3 is 0 Å². The molecule has 0 saturated carbocycles. The fraction of sp³-hybridized carbons (Fsp3) is 0.263. The van der Waals surface area contributed by atoms with Crippen molar-refractivity contribution >= 4 is 17.3 Å². The lowest BCUT2D eigenvalue weighted by Crippen LogP contribution is -2.36. The Kier molecular flexibility index (Phi) is 4.80. The maximum absolute atomic E-state index is 11.6. The van der Waals surface area contributed by atoms with E-state index in [1.165, 1.54) is 10.7 Å². The molecule has 1 saturated heterocycles. The molecule has 4 rings (SSSR count). The maximum Gasteiger partial charge on any atom is 0.266 e. The van der Waals surface area contributed by atoms with E-state index in [9.17, 15) is 4.79 Å². The van der Waals surface area contributed by atoms with Crippen LogP contribution in [-0.4, -0.2) is 46.1 Å². The molecule has 1 aliphatic heterocycles. The maximum atomic E-state index is 11.6. The Hall–Kier alpha value is -3.26. The number of morpholine rings is 1. The number of hydrogen-bond acceptors (Lipinski definition) is 7. The van der Waals surface area contributed by atoms with Gasteiger partial charge in [-0.2, -0.15) is 5.10 Å². The highest BCUT2D eigenvalue weighted by molar-refractivity contribution is 5.78. The largest absolute Gasteiger partial charge is 0.378 e. The van der Waals surface area contributed by atoms with Gasteiger partial charge in [0.1, 0.15) is 18.0 Å². The van der Waals surface area contributed by atoms with E-state index in [4.69, 9.17) is 4.74 Å². The number of nitrogens with zero attached hydrogens (tertiary/aromatic N) is 5. The van der Waals surface area contributed by atoms with Gasteiger partial charge in [-0.25, -0.2) is 14.6 Å².